The van der Waals surface area contributed by atoms with Crippen LogP contribution in [0.3, 0.4) is 0 Å². The molecule has 1 fully saturated rings. The van der Waals surface area contributed by atoms with E-state index >= 15 is 0 Å². The Labute approximate surface area is 151 Å². The van der Waals surface area contributed by atoms with Crippen LogP contribution in [-0.4, -0.2) is 37.6 Å². The van der Waals surface area contributed by atoms with Crippen LogP contribution < -0.4 is 10.2 Å². The van der Waals surface area contributed by atoms with Gasteiger partial charge < -0.3 is 15.0 Å². The van der Waals surface area contributed by atoms with Gasteiger partial charge in [0.05, 0.1) is 12.6 Å². The minimum Gasteiger partial charge on any atom is -0.365 e. The zero-order valence-electron chi connectivity index (χ0n) is 14.2. The smallest absolute Gasteiger partial charge is 0.253 e. The molecule has 1 aromatic heterocycles. The molecule has 6 heteroatoms. The van der Waals surface area contributed by atoms with Crippen molar-refractivity contribution in [3.05, 3.63) is 52.2 Å². The fourth-order valence-electron chi connectivity index (χ4n) is 2.73. The molecule has 1 saturated heterocycles. The Hall–Kier alpha value is -2.18. The van der Waals surface area contributed by atoms with E-state index in [0.29, 0.717) is 19.5 Å². The number of carbonyl (C=O) groups excluding carboxylic acids is 2. The molecule has 0 saturated carbocycles. The number of hydrogen-bond donors (Lipinski definition) is 1. The highest BCUT2D eigenvalue weighted by molar-refractivity contribution is 7.09. The van der Waals surface area contributed by atoms with Gasteiger partial charge in [0.2, 0.25) is 5.91 Å². The van der Waals surface area contributed by atoms with Crippen LogP contribution in [0.2, 0.25) is 0 Å². The highest BCUT2D eigenvalue weighted by atomic mass is 32.1. The third-order valence-corrected chi connectivity index (χ3v) is 5.12. The summed E-state index contributed by atoms with van der Waals surface area (Å²) in [6.07, 6.45) is 1.03. The van der Waals surface area contributed by atoms with Crippen molar-refractivity contribution in [2.45, 2.75) is 25.9 Å². The molecule has 25 heavy (non-hydrogen) atoms. The van der Waals surface area contributed by atoms with Gasteiger partial charge in [0.15, 0.2) is 0 Å². The molecule has 1 aliphatic rings. The van der Waals surface area contributed by atoms with Gasteiger partial charge in [-0.2, -0.15) is 0 Å². The molecule has 0 radical (unpaired) electrons. The molecule has 2 heterocycles. The van der Waals surface area contributed by atoms with E-state index in [1.54, 1.807) is 16.2 Å². The maximum absolute atomic E-state index is 12.1. The molecule has 1 aliphatic heterocycles. The summed E-state index contributed by atoms with van der Waals surface area (Å²) in [7, 11) is 0. The summed E-state index contributed by atoms with van der Waals surface area (Å²) in [6, 6.07) is 11.9. The predicted octanol–water partition coefficient (Wildman–Crippen LogP) is 2.54. The first-order chi connectivity index (χ1) is 12.1. The second-order valence-corrected chi connectivity index (χ2v) is 7.19. The Bertz CT molecular complexity index is 713. The highest BCUT2D eigenvalue weighted by Gasteiger charge is 2.27. The van der Waals surface area contributed by atoms with Crippen molar-refractivity contribution in [3.8, 4) is 0 Å². The van der Waals surface area contributed by atoms with Gasteiger partial charge in [-0.15, -0.1) is 11.3 Å². The molecule has 0 aliphatic carbocycles. The number of nitrogens with zero attached hydrogens (tertiary/aromatic N) is 1. The second-order valence-electron chi connectivity index (χ2n) is 6.16. The number of carbonyl (C=O) groups is 2. The van der Waals surface area contributed by atoms with Crippen LogP contribution in [0.25, 0.3) is 0 Å². The van der Waals surface area contributed by atoms with E-state index in [1.807, 2.05) is 48.7 Å². The van der Waals surface area contributed by atoms with Crippen molar-refractivity contribution < 1.29 is 14.3 Å². The lowest BCUT2D eigenvalue weighted by Crippen LogP contribution is -2.50. The number of benzene rings is 1. The lowest BCUT2D eigenvalue weighted by molar-refractivity contribution is -0.129. The maximum atomic E-state index is 12.1. The van der Waals surface area contributed by atoms with Gasteiger partial charge in [-0.05, 0) is 36.9 Å². The number of nitrogens with one attached hydrogen (secondary N) is 1. The Balaban J connectivity index is 1.48. The molecule has 2 aromatic rings. The number of anilines is 1. The third kappa shape index (κ3) is 4.90. The fourth-order valence-corrected chi connectivity index (χ4v) is 3.44. The molecule has 132 valence electrons. The summed E-state index contributed by atoms with van der Waals surface area (Å²) in [5, 5.41) is 4.93. The zero-order chi connectivity index (χ0) is 17.6. The fraction of sp³-hybridized carbons (Fsp3) is 0.368. The zero-order valence-corrected chi connectivity index (χ0v) is 15.1. The predicted molar refractivity (Wildman–Crippen MR) is 98.9 cm³/mol. The Morgan fingerprint density at radius 1 is 1.32 bits per heavy atom. The van der Waals surface area contributed by atoms with E-state index in [2.05, 4.69) is 5.32 Å². The van der Waals surface area contributed by atoms with Gasteiger partial charge in [-0.3, -0.25) is 9.59 Å². The van der Waals surface area contributed by atoms with Gasteiger partial charge >= 0.3 is 0 Å². The molecule has 0 spiro atoms. The number of amides is 2. The molecule has 1 unspecified atom stereocenters. The van der Waals surface area contributed by atoms with Gasteiger partial charge in [0, 0.05) is 23.5 Å². The minimum atomic E-state index is -0.190. The van der Waals surface area contributed by atoms with Crippen LogP contribution in [0.1, 0.15) is 16.9 Å². The van der Waals surface area contributed by atoms with Crippen molar-refractivity contribution in [3.63, 3.8) is 0 Å². The largest absolute Gasteiger partial charge is 0.365 e. The van der Waals surface area contributed by atoms with E-state index in [4.69, 9.17) is 4.74 Å². The molecule has 5 nitrogen and oxygen atoms in total. The lowest BCUT2D eigenvalue weighted by atomic mass is 10.2. The number of aryl methyl sites for hydroxylation is 2. The summed E-state index contributed by atoms with van der Waals surface area (Å²) in [5.74, 6) is -0.0417. The minimum absolute atomic E-state index is 0.00999. The number of hydrogen-bond acceptors (Lipinski definition) is 4. The van der Waals surface area contributed by atoms with Gasteiger partial charge in [-0.1, -0.05) is 23.8 Å². The van der Waals surface area contributed by atoms with Crippen molar-refractivity contribution in [1.82, 2.24) is 5.32 Å². The standard InChI is InChI=1S/C19H22N2O3S/c1-14-4-6-15(7-5-14)21-12-16(24-13-19(21)23)11-20-18(22)9-8-17-3-2-10-25-17/h2-7,10,16H,8-9,11-13H2,1H3,(H,20,22). The van der Waals surface area contributed by atoms with E-state index in [9.17, 15) is 9.59 Å². The molecular formula is C19H22N2O3S. The second kappa shape index (κ2) is 8.27. The maximum Gasteiger partial charge on any atom is 0.253 e. The summed E-state index contributed by atoms with van der Waals surface area (Å²) < 4.78 is 5.56. The average molecular weight is 358 g/mol. The van der Waals surface area contributed by atoms with E-state index in [0.717, 1.165) is 17.7 Å². The van der Waals surface area contributed by atoms with Gasteiger partial charge in [-0.25, -0.2) is 0 Å². The monoisotopic (exact) mass is 358 g/mol. The average Bonchev–Trinajstić information content (AvgIpc) is 3.14. The normalized spacial score (nSPS) is 17.6. The first-order valence-corrected chi connectivity index (χ1v) is 9.27. The van der Waals surface area contributed by atoms with Crippen LogP contribution in [0.15, 0.2) is 41.8 Å². The molecule has 1 N–H and O–H groups in total. The number of ether oxygens (including phenoxy) is 1. The molecule has 2 amide bonds. The van der Waals surface area contributed by atoms with Gasteiger partial charge in [0.1, 0.15) is 6.61 Å². The van der Waals surface area contributed by atoms with Crippen LogP contribution in [0, 0.1) is 6.92 Å². The summed E-state index contributed by atoms with van der Waals surface area (Å²) in [4.78, 5) is 27.0. The molecule has 3 rings (SSSR count). The van der Waals surface area contributed by atoms with Crippen LogP contribution in [-0.2, 0) is 20.7 Å². The summed E-state index contributed by atoms with van der Waals surface area (Å²) in [6.45, 7) is 2.93. The van der Waals surface area contributed by atoms with E-state index in [1.165, 1.54) is 4.88 Å². The molecule has 1 atom stereocenters. The highest BCUT2D eigenvalue weighted by Crippen LogP contribution is 2.19. The van der Waals surface area contributed by atoms with E-state index < -0.39 is 0 Å². The Morgan fingerprint density at radius 2 is 2.12 bits per heavy atom. The lowest BCUT2D eigenvalue weighted by Gasteiger charge is -2.33. The molecular weight excluding hydrogens is 336 g/mol. The number of morpholine rings is 1. The van der Waals surface area contributed by atoms with Crippen LogP contribution in [0.5, 0.6) is 0 Å². The molecule has 1 aromatic carbocycles. The van der Waals surface area contributed by atoms with E-state index in [-0.39, 0.29) is 24.5 Å². The topological polar surface area (TPSA) is 58.6 Å². The first kappa shape index (κ1) is 17.6. The Morgan fingerprint density at radius 3 is 2.84 bits per heavy atom. The summed E-state index contributed by atoms with van der Waals surface area (Å²) in [5.41, 5.74) is 2.02. The number of rotatable bonds is 6. The van der Waals surface area contributed by atoms with Gasteiger partial charge in [0.25, 0.3) is 5.91 Å². The third-order valence-electron chi connectivity index (χ3n) is 4.18. The first-order valence-electron chi connectivity index (χ1n) is 8.39. The Kier molecular flexibility index (Phi) is 5.83. The SMILES string of the molecule is Cc1ccc(N2CC(CNC(=O)CCc3cccs3)OCC2=O)cc1. The quantitative estimate of drug-likeness (QED) is 0.863. The van der Waals surface area contributed by atoms with Crippen molar-refractivity contribution >= 4 is 28.8 Å². The van der Waals surface area contributed by atoms with Crippen molar-refractivity contribution in [2.24, 2.45) is 0 Å². The van der Waals surface area contributed by atoms with Crippen LogP contribution >= 0.6 is 11.3 Å². The molecule has 0 bridgehead atoms. The number of thiophene rings is 1. The van der Waals surface area contributed by atoms with Crippen molar-refractivity contribution in [2.75, 3.05) is 24.6 Å². The summed E-state index contributed by atoms with van der Waals surface area (Å²) >= 11 is 1.66. The van der Waals surface area contributed by atoms with Crippen LogP contribution in [0.4, 0.5) is 5.69 Å². The van der Waals surface area contributed by atoms with Crippen molar-refractivity contribution in [1.29, 1.82) is 0 Å².